The summed E-state index contributed by atoms with van der Waals surface area (Å²) in [5, 5.41) is 0. The topological polar surface area (TPSA) is 55.8 Å². The standard InChI is InChI=1S/C25H17F4NO4/c1-14-5-4-6-16(11-14)30-22(31)19-8-3-2-7-18(19)20(23(30)32)12-15-9-10-17(33-24(26)27)13-21(15)34-25(28)29/h2-13,24-25H,1H3/b20-12-. The van der Waals surface area contributed by atoms with E-state index < -0.39 is 30.8 Å². The molecule has 0 radical (unpaired) electrons. The number of fused-ring (bicyclic) bond motifs is 1. The van der Waals surface area contributed by atoms with E-state index in [4.69, 9.17) is 0 Å². The number of carbonyl (C=O) groups excluding carboxylic acids is 2. The lowest BCUT2D eigenvalue weighted by Gasteiger charge is -2.29. The number of benzene rings is 3. The summed E-state index contributed by atoms with van der Waals surface area (Å²) in [6.07, 6.45) is 1.28. The van der Waals surface area contributed by atoms with E-state index in [1.54, 1.807) is 42.5 Å². The van der Waals surface area contributed by atoms with E-state index in [0.717, 1.165) is 22.6 Å². The smallest absolute Gasteiger partial charge is 0.387 e. The molecule has 0 fully saturated rings. The van der Waals surface area contributed by atoms with Gasteiger partial charge in [-0.3, -0.25) is 9.59 Å². The van der Waals surface area contributed by atoms with Crippen molar-refractivity contribution < 1.29 is 36.6 Å². The molecule has 34 heavy (non-hydrogen) atoms. The van der Waals surface area contributed by atoms with E-state index in [2.05, 4.69) is 9.47 Å². The van der Waals surface area contributed by atoms with Gasteiger partial charge in [-0.2, -0.15) is 17.6 Å². The summed E-state index contributed by atoms with van der Waals surface area (Å²) < 4.78 is 59.9. The third-order valence-electron chi connectivity index (χ3n) is 5.07. The van der Waals surface area contributed by atoms with Gasteiger partial charge in [-0.1, -0.05) is 30.3 Å². The zero-order chi connectivity index (χ0) is 24.4. The molecular weight excluding hydrogens is 454 g/mol. The molecule has 0 unspecified atom stereocenters. The number of imide groups is 1. The molecule has 0 aliphatic carbocycles. The van der Waals surface area contributed by atoms with Gasteiger partial charge in [0.1, 0.15) is 11.5 Å². The Balaban J connectivity index is 1.87. The number of anilines is 1. The first-order valence-corrected chi connectivity index (χ1v) is 10.0. The number of alkyl halides is 4. The molecular formula is C25H17F4NO4. The Bertz CT molecular complexity index is 1290. The van der Waals surface area contributed by atoms with Crippen LogP contribution in [0.3, 0.4) is 0 Å². The first-order valence-electron chi connectivity index (χ1n) is 10.0. The minimum Gasteiger partial charge on any atom is -0.435 e. The molecule has 5 nitrogen and oxygen atoms in total. The first kappa shape index (κ1) is 23.0. The van der Waals surface area contributed by atoms with Crippen molar-refractivity contribution in [2.75, 3.05) is 4.90 Å². The van der Waals surface area contributed by atoms with Crippen molar-refractivity contribution in [3.8, 4) is 11.5 Å². The maximum Gasteiger partial charge on any atom is 0.387 e. The normalized spacial score (nSPS) is 14.7. The molecule has 0 spiro atoms. The third kappa shape index (κ3) is 4.63. The highest BCUT2D eigenvalue weighted by atomic mass is 19.3. The molecule has 3 aromatic rings. The Morgan fingerprint density at radius 2 is 1.50 bits per heavy atom. The molecule has 1 aliphatic heterocycles. The molecule has 0 saturated heterocycles. The Kier molecular flexibility index (Phi) is 6.36. The van der Waals surface area contributed by atoms with Crippen LogP contribution in [0.1, 0.15) is 27.0 Å². The highest BCUT2D eigenvalue weighted by Crippen LogP contribution is 2.36. The monoisotopic (exact) mass is 471 g/mol. The second-order valence-electron chi connectivity index (χ2n) is 7.34. The molecule has 0 aromatic heterocycles. The Morgan fingerprint density at radius 3 is 2.18 bits per heavy atom. The predicted octanol–water partition coefficient (Wildman–Crippen LogP) is 5.93. The number of halogens is 4. The van der Waals surface area contributed by atoms with Crippen LogP contribution in [0.25, 0.3) is 11.6 Å². The molecule has 0 N–H and O–H groups in total. The van der Waals surface area contributed by atoms with Gasteiger partial charge >= 0.3 is 13.2 Å². The van der Waals surface area contributed by atoms with Gasteiger partial charge in [0, 0.05) is 22.8 Å². The molecule has 174 valence electrons. The number of amides is 2. The van der Waals surface area contributed by atoms with Gasteiger partial charge < -0.3 is 9.47 Å². The fraction of sp³-hybridized carbons (Fsp3) is 0.120. The largest absolute Gasteiger partial charge is 0.435 e. The number of hydrogen-bond acceptors (Lipinski definition) is 4. The number of aryl methyl sites for hydroxylation is 1. The predicted molar refractivity (Wildman–Crippen MR) is 117 cm³/mol. The fourth-order valence-electron chi connectivity index (χ4n) is 3.66. The van der Waals surface area contributed by atoms with Crippen molar-refractivity contribution in [2.24, 2.45) is 0 Å². The van der Waals surface area contributed by atoms with E-state index in [0.29, 0.717) is 11.3 Å². The van der Waals surface area contributed by atoms with Crippen LogP contribution >= 0.6 is 0 Å². The van der Waals surface area contributed by atoms with E-state index >= 15 is 0 Å². The van der Waals surface area contributed by atoms with Crippen LogP contribution in [-0.2, 0) is 4.79 Å². The Hall–Kier alpha value is -4.14. The van der Waals surface area contributed by atoms with E-state index in [9.17, 15) is 27.2 Å². The number of hydrogen-bond donors (Lipinski definition) is 0. The van der Waals surface area contributed by atoms with Gasteiger partial charge in [0.2, 0.25) is 0 Å². The minimum atomic E-state index is -3.25. The van der Waals surface area contributed by atoms with Gasteiger partial charge in [0.05, 0.1) is 5.69 Å². The molecule has 0 saturated carbocycles. The van der Waals surface area contributed by atoms with Crippen LogP contribution < -0.4 is 14.4 Å². The van der Waals surface area contributed by atoms with Crippen molar-refractivity contribution in [3.05, 3.63) is 89.0 Å². The van der Waals surface area contributed by atoms with E-state index in [-0.39, 0.29) is 22.4 Å². The Morgan fingerprint density at radius 1 is 0.794 bits per heavy atom. The average Bonchev–Trinajstić information content (AvgIpc) is 2.77. The Labute approximate surface area is 191 Å². The van der Waals surface area contributed by atoms with Gasteiger partial charge in [-0.15, -0.1) is 0 Å². The summed E-state index contributed by atoms with van der Waals surface area (Å²) in [5.74, 6) is -2.07. The van der Waals surface area contributed by atoms with Gasteiger partial charge in [0.25, 0.3) is 11.8 Å². The average molecular weight is 471 g/mol. The zero-order valence-electron chi connectivity index (χ0n) is 17.7. The van der Waals surface area contributed by atoms with Gasteiger partial charge in [0.15, 0.2) is 0 Å². The number of ether oxygens (including phenoxy) is 2. The number of rotatable bonds is 6. The molecule has 1 aliphatic rings. The summed E-state index contributed by atoms with van der Waals surface area (Å²) >= 11 is 0. The summed E-state index contributed by atoms with van der Waals surface area (Å²) in [6, 6.07) is 16.4. The lowest BCUT2D eigenvalue weighted by molar-refractivity contribution is -0.112. The number of carbonyl (C=O) groups is 2. The van der Waals surface area contributed by atoms with Crippen molar-refractivity contribution >= 4 is 29.2 Å². The molecule has 9 heteroatoms. The van der Waals surface area contributed by atoms with E-state index in [1.165, 1.54) is 12.1 Å². The maximum atomic E-state index is 13.5. The second-order valence-corrected chi connectivity index (χ2v) is 7.34. The lowest BCUT2D eigenvalue weighted by atomic mass is 9.91. The first-order chi connectivity index (χ1) is 16.2. The lowest BCUT2D eigenvalue weighted by Crippen LogP contribution is -2.41. The summed E-state index contributed by atoms with van der Waals surface area (Å²) in [6.45, 7) is -4.60. The fourth-order valence-corrected chi connectivity index (χ4v) is 3.66. The van der Waals surface area contributed by atoms with Gasteiger partial charge in [-0.05, 0) is 54.5 Å². The zero-order valence-corrected chi connectivity index (χ0v) is 17.7. The summed E-state index contributed by atoms with van der Waals surface area (Å²) in [4.78, 5) is 27.7. The molecule has 1 heterocycles. The molecule has 2 amide bonds. The maximum absolute atomic E-state index is 13.5. The van der Waals surface area contributed by atoms with Crippen LogP contribution in [0.2, 0.25) is 0 Å². The van der Waals surface area contributed by atoms with Crippen molar-refractivity contribution in [3.63, 3.8) is 0 Å². The van der Waals surface area contributed by atoms with Crippen LogP contribution in [0.4, 0.5) is 23.2 Å². The van der Waals surface area contributed by atoms with Crippen LogP contribution in [0.5, 0.6) is 11.5 Å². The highest BCUT2D eigenvalue weighted by Gasteiger charge is 2.36. The molecule has 0 atom stereocenters. The molecule has 3 aromatic carbocycles. The minimum absolute atomic E-state index is 0.0126. The third-order valence-corrected chi connectivity index (χ3v) is 5.07. The molecule has 4 rings (SSSR count). The van der Waals surface area contributed by atoms with Crippen molar-refractivity contribution in [1.82, 2.24) is 0 Å². The van der Waals surface area contributed by atoms with E-state index in [1.807, 2.05) is 13.0 Å². The molecule has 0 bridgehead atoms. The summed E-state index contributed by atoms with van der Waals surface area (Å²) in [7, 11) is 0. The van der Waals surface area contributed by atoms with Crippen molar-refractivity contribution in [2.45, 2.75) is 20.1 Å². The van der Waals surface area contributed by atoms with Crippen LogP contribution in [-0.4, -0.2) is 25.0 Å². The van der Waals surface area contributed by atoms with Crippen LogP contribution in [0.15, 0.2) is 66.7 Å². The van der Waals surface area contributed by atoms with Gasteiger partial charge in [-0.25, -0.2) is 4.90 Å². The van der Waals surface area contributed by atoms with Crippen molar-refractivity contribution in [1.29, 1.82) is 0 Å². The number of nitrogens with zero attached hydrogens (tertiary/aromatic N) is 1. The second kappa shape index (κ2) is 9.38. The quantitative estimate of drug-likeness (QED) is 0.254. The van der Waals surface area contributed by atoms with Crippen LogP contribution in [0, 0.1) is 6.92 Å². The SMILES string of the molecule is Cc1cccc(N2C(=O)/C(=C\c3ccc(OC(F)F)cc3OC(F)F)c3ccccc3C2=O)c1. The summed E-state index contributed by atoms with van der Waals surface area (Å²) in [5.41, 5.74) is 1.77. The highest BCUT2D eigenvalue weighted by molar-refractivity contribution is 6.43.